The molecular weight excluding hydrogens is 322 g/mol. The van der Waals surface area contributed by atoms with Crippen LogP contribution in [0.3, 0.4) is 0 Å². The number of aryl methyl sites for hydroxylation is 2. The first kappa shape index (κ1) is 15.0. The molecule has 6 nitrogen and oxygen atoms in total. The fourth-order valence-electron chi connectivity index (χ4n) is 3.24. The third-order valence-corrected chi connectivity index (χ3v) is 5.27. The molecule has 0 N–H and O–H groups in total. The van der Waals surface area contributed by atoms with E-state index in [1.807, 2.05) is 37.3 Å². The molecule has 0 bridgehead atoms. The van der Waals surface area contributed by atoms with Gasteiger partial charge in [-0.15, -0.1) is 5.10 Å². The molecule has 0 aliphatic carbocycles. The average molecular weight is 339 g/mol. The molecular formula is C17H17N5OS. The second kappa shape index (κ2) is 5.83. The van der Waals surface area contributed by atoms with Crippen LogP contribution in [-0.4, -0.2) is 36.7 Å². The number of nitrogens with zero attached hydrogens (tertiary/aromatic N) is 5. The fraction of sp³-hybridized carbons (Fsp3) is 0.294. The Morgan fingerprint density at radius 1 is 1.33 bits per heavy atom. The first-order valence-corrected chi connectivity index (χ1v) is 8.55. The van der Waals surface area contributed by atoms with Crippen molar-refractivity contribution in [1.82, 2.24) is 24.3 Å². The predicted molar refractivity (Wildman–Crippen MR) is 90.9 cm³/mol. The summed E-state index contributed by atoms with van der Waals surface area (Å²) in [6.07, 6.45) is 3.91. The number of hydrogen-bond acceptors (Lipinski definition) is 5. The van der Waals surface area contributed by atoms with Gasteiger partial charge < -0.3 is 4.90 Å². The lowest BCUT2D eigenvalue weighted by Crippen LogP contribution is -2.38. The summed E-state index contributed by atoms with van der Waals surface area (Å²) in [7, 11) is 1.91. The SMILES string of the molecule is Cc1nnsc1C(=O)N1Cc2ccccc2C(c2cnn(C)c2)C1. The van der Waals surface area contributed by atoms with Crippen molar-refractivity contribution in [2.75, 3.05) is 6.54 Å². The molecule has 0 saturated heterocycles. The molecule has 2 aromatic heterocycles. The topological polar surface area (TPSA) is 63.9 Å². The molecule has 0 spiro atoms. The van der Waals surface area contributed by atoms with Gasteiger partial charge in [0.2, 0.25) is 0 Å². The van der Waals surface area contributed by atoms with Gasteiger partial charge >= 0.3 is 0 Å². The van der Waals surface area contributed by atoms with E-state index < -0.39 is 0 Å². The first-order chi connectivity index (χ1) is 11.6. The van der Waals surface area contributed by atoms with Gasteiger partial charge in [-0.2, -0.15) is 5.10 Å². The second-order valence-corrected chi connectivity index (χ2v) is 6.83. The zero-order valence-electron chi connectivity index (χ0n) is 13.5. The summed E-state index contributed by atoms with van der Waals surface area (Å²) in [4.78, 5) is 15.4. The number of carbonyl (C=O) groups excluding carboxylic acids is 1. The monoisotopic (exact) mass is 339 g/mol. The van der Waals surface area contributed by atoms with E-state index in [9.17, 15) is 4.79 Å². The Balaban J connectivity index is 1.73. The van der Waals surface area contributed by atoms with Gasteiger partial charge in [0.1, 0.15) is 4.88 Å². The van der Waals surface area contributed by atoms with E-state index in [1.54, 1.807) is 4.68 Å². The maximum atomic E-state index is 12.9. The molecule has 1 amide bonds. The maximum Gasteiger partial charge on any atom is 0.267 e. The minimum absolute atomic E-state index is 0.00546. The van der Waals surface area contributed by atoms with Crippen molar-refractivity contribution in [2.45, 2.75) is 19.4 Å². The molecule has 24 heavy (non-hydrogen) atoms. The highest BCUT2D eigenvalue weighted by Crippen LogP contribution is 2.34. The van der Waals surface area contributed by atoms with E-state index in [4.69, 9.17) is 0 Å². The zero-order chi connectivity index (χ0) is 16.7. The van der Waals surface area contributed by atoms with Gasteiger partial charge in [-0.1, -0.05) is 28.8 Å². The Morgan fingerprint density at radius 3 is 2.88 bits per heavy atom. The molecule has 122 valence electrons. The quantitative estimate of drug-likeness (QED) is 0.719. The van der Waals surface area contributed by atoms with Gasteiger partial charge in [-0.05, 0) is 35.1 Å². The minimum Gasteiger partial charge on any atom is -0.333 e. The van der Waals surface area contributed by atoms with Crippen molar-refractivity contribution in [3.8, 4) is 0 Å². The molecule has 1 aromatic carbocycles. The van der Waals surface area contributed by atoms with Crippen molar-refractivity contribution in [3.05, 3.63) is 63.9 Å². The highest BCUT2D eigenvalue weighted by atomic mass is 32.1. The van der Waals surface area contributed by atoms with Crippen LogP contribution in [-0.2, 0) is 13.6 Å². The summed E-state index contributed by atoms with van der Waals surface area (Å²) in [5.41, 5.74) is 4.28. The number of carbonyl (C=O) groups is 1. The Labute approximate surface area is 143 Å². The number of hydrogen-bond donors (Lipinski definition) is 0. The third-order valence-electron chi connectivity index (χ3n) is 4.45. The van der Waals surface area contributed by atoms with E-state index in [0.717, 1.165) is 17.1 Å². The summed E-state index contributed by atoms with van der Waals surface area (Å²) in [5.74, 6) is 0.139. The lowest BCUT2D eigenvalue weighted by molar-refractivity contribution is 0.0729. The standard InChI is InChI=1S/C17H17N5OS/c1-11-16(24-20-19-11)17(23)22-9-12-5-3-4-6-14(12)15(10-22)13-7-18-21(2)8-13/h3-8,15H,9-10H2,1-2H3. The van der Waals surface area contributed by atoms with E-state index in [-0.39, 0.29) is 11.8 Å². The highest BCUT2D eigenvalue weighted by Gasteiger charge is 2.31. The molecule has 1 aliphatic heterocycles. The molecule has 1 atom stereocenters. The Hall–Kier alpha value is -2.54. The van der Waals surface area contributed by atoms with E-state index in [1.165, 1.54) is 11.1 Å². The fourth-order valence-corrected chi connectivity index (χ4v) is 3.86. The Bertz CT molecular complexity index is 900. The summed E-state index contributed by atoms with van der Waals surface area (Å²) in [6.45, 7) is 3.08. The zero-order valence-corrected chi connectivity index (χ0v) is 14.3. The van der Waals surface area contributed by atoms with Crippen LogP contribution in [0.2, 0.25) is 0 Å². The Morgan fingerprint density at radius 2 is 2.17 bits per heavy atom. The summed E-state index contributed by atoms with van der Waals surface area (Å²) < 4.78 is 5.69. The lowest BCUT2D eigenvalue weighted by atomic mass is 9.86. The van der Waals surface area contributed by atoms with Gasteiger partial charge in [0.25, 0.3) is 5.91 Å². The second-order valence-electron chi connectivity index (χ2n) is 6.07. The molecule has 7 heteroatoms. The molecule has 0 saturated carbocycles. The van der Waals surface area contributed by atoms with Crippen LogP contribution in [0.1, 0.15) is 38.0 Å². The number of rotatable bonds is 2. The van der Waals surface area contributed by atoms with E-state index in [2.05, 4.69) is 32.9 Å². The minimum atomic E-state index is 0.00546. The van der Waals surface area contributed by atoms with Crippen molar-refractivity contribution in [1.29, 1.82) is 0 Å². The lowest BCUT2D eigenvalue weighted by Gasteiger charge is -2.34. The molecule has 0 radical (unpaired) electrons. The smallest absolute Gasteiger partial charge is 0.267 e. The number of amides is 1. The van der Waals surface area contributed by atoms with Gasteiger partial charge in [-0.25, -0.2) is 0 Å². The normalized spacial score (nSPS) is 16.9. The van der Waals surface area contributed by atoms with Gasteiger partial charge in [0.05, 0.1) is 11.9 Å². The van der Waals surface area contributed by atoms with Crippen LogP contribution in [0.4, 0.5) is 0 Å². The highest BCUT2D eigenvalue weighted by molar-refractivity contribution is 7.07. The van der Waals surface area contributed by atoms with Crippen molar-refractivity contribution in [3.63, 3.8) is 0 Å². The van der Waals surface area contributed by atoms with E-state index in [0.29, 0.717) is 23.7 Å². The van der Waals surface area contributed by atoms with Gasteiger partial charge in [0, 0.05) is 32.3 Å². The first-order valence-electron chi connectivity index (χ1n) is 7.78. The van der Waals surface area contributed by atoms with Gasteiger partial charge in [0.15, 0.2) is 0 Å². The number of benzene rings is 1. The molecule has 0 fully saturated rings. The van der Waals surface area contributed by atoms with Crippen LogP contribution in [0.5, 0.6) is 0 Å². The number of aromatic nitrogens is 4. The Kier molecular flexibility index (Phi) is 3.65. The van der Waals surface area contributed by atoms with Crippen LogP contribution in [0, 0.1) is 6.92 Å². The van der Waals surface area contributed by atoms with Crippen LogP contribution < -0.4 is 0 Å². The van der Waals surface area contributed by atoms with Crippen LogP contribution in [0.25, 0.3) is 0 Å². The van der Waals surface area contributed by atoms with Crippen molar-refractivity contribution < 1.29 is 4.79 Å². The molecule has 3 heterocycles. The van der Waals surface area contributed by atoms with Crippen molar-refractivity contribution >= 4 is 17.4 Å². The van der Waals surface area contributed by atoms with Gasteiger partial charge in [-0.3, -0.25) is 9.48 Å². The molecule has 1 unspecified atom stereocenters. The number of fused-ring (bicyclic) bond motifs is 1. The largest absolute Gasteiger partial charge is 0.333 e. The average Bonchev–Trinajstić information content (AvgIpc) is 3.21. The summed E-state index contributed by atoms with van der Waals surface area (Å²) >= 11 is 1.16. The third kappa shape index (κ3) is 2.50. The van der Waals surface area contributed by atoms with Crippen LogP contribution in [0.15, 0.2) is 36.7 Å². The van der Waals surface area contributed by atoms with E-state index >= 15 is 0 Å². The summed E-state index contributed by atoms with van der Waals surface area (Å²) in [5, 5.41) is 8.26. The molecule has 1 aliphatic rings. The van der Waals surface area contributed by atoms with Crippen molar-refractivity contribution in [2.24, 2.45) is 7.05 Å². The molecule has 4 rings (SSSR count). The summed E-state index contributed by atoms with van der Waals surface area (Å²) in [6, 6.07) is 8.31. The van der Waals surface area contributed by atoms with Crippen LogP contribution >= 0.6 is 11.5 Å². The molecule has 3 aromatic rings. The predicted octanol–water partition coefficient (Wildman–Crippen LogP) is 2.37. The maximum absolute atomic E-state index is 12.9.